The standard InChI is InChI=1S/C38H28N2/c1-4-14-29(15-5-1)24-25-30-16-10-12-22-36(30)39(31-17-6-2-7-18-31)33-26-27-38-35(28-33)34-21-11-13-23-37(34)40(38)32-19-8-3-9-20-32/h1-28H. The van der Waals surface area contributed by atoms with Gasteiger partial charge in [-0.1, -0.05) is 115 Å². The molecular weight excluding hydrogens is 484 g/mol. The van der Waals surface area contributed by atoms with Crippen LogP contribution in [0.15, 0.2) is 158 Å². The van der Waals surface area contributed by atoms with E-state index < -0.39 is 0 Å². The summed E-state index contributed by atoms with van der Waals surface area (Å²) in [7, 11) is 0. The van der Waals surface area contributed by atoms with Crippen LogP contribution in [-0.4, -0.2) is 4.57 Å². The molecule has 0 atom stereocenters. The van der Waals surface area contributed by atoms with Gasteiger partial charge in [0.25, 0.3) is 0 Å². The fraction of sp³-hybridized carbons (Fsp3) is 0. The summed E-state index contributed by atoms with van der Waals surface area (Å²) in [5.41, 5.74) is 9.27. The third-order valence-electron chi connectivity index (χ3n) is 7.38. The topological polar surface area (TPSA) is 8.17 Å². The SMILES string of the molecule is C(=Cc1ccccc1N(c1ccccc1)c1ccc2c(c1)c1ccccc1n2-c1ccccc1)c1ccccc1. The van der Waals surface area contributed by atoms with E-state index in [0.29, 0.717) is 0 Å². The van der Waals surface area contributed by atoms with Crippen molar-refractivity contribution in [2.75, 3.05) is 4.90 Å². The Kier molecular flexibility index (Phi) is 6.20. The number of para-hydroxylation sites is 4. The molecule has 7 rings (SSSR count). The number of hydrogen-bond donors (Lipinski definition) is 0. The van der Waals surface area contributed by atoms with Gasteiger partial charge in [-0.05, 0) is 65.7 Å². The highest BCUT2D eigenvalue weighted by Gasteiger charge is 2.18. The van der Waals surface area contributed by atoms with Gasteiger partial charge in [-0.15, -0.1) is 0 Å². The van der Waals surface area contributed by atoms with E-state index in [1.807, 2.05) is 6.07 Å². The first kappa shape index (κ1) is 23.8. The molecule has 0 saturated carbocycles. The van der Waals surface area contributed by atoms with Crippen LogP contribution in [0.2, 0.25) is 0 Å². The Hall–Kier alpha value is -5.34. The molecule has 0 bridgehead atoms. The lowest BCUT2D eigenvalue weighted by Gasteiger charge is -2.27. The minimum absolute atomic E-state index is 1.12. The predicted molar refractivity (Wildman–Crippen MR) is 171 cm³/mol. The van der Waals surface area contributed by atoms with Crippen LogP contribution in [0.4, 0.5) is 17.1 Å². The lowest BCUT2D eigenvalue weighted by Crippen LogP contribution is -2.11. The van der Waals surface area contributed by atoms with Gasteiger partial charge in [0.1, 0.15) is 0 Å². The number of anilines is 3. The number of rotatable bonds is 6. The van der Waals surface area contributed by atoms with Crippen molar-refractivity contribution in [2.24, 2.45) is 0 Å². The molecule has 0 aliphatic carbocycles. The van der Waals surface area contributed by atoms with E-state index in [4.69, 9.17) is 0 Å². The van der Waals surface area contributed by atoms with Crippen molar-refractivity contribution in [2.45, 2.75) is 0 Å². The number of fused-ring (bicyclic) bond motifs is 3. The van der Waals surface area contributed by atoms with E-state index in [1.54, 1.807) is 0 Å². The second-order valence-electron chi connectivity index (χ2n) is 9.86. The molecule has 0 N–H and O–H groups in total. The summed E-state index contributed by atoms with van der Waals surface area (Å²) in [4.78, 5) is 2.36. The van der Waals surface area contributed by atoms with Crippen LogP contribution in [0.3, 0.4) is 0 Å². The zero-order valence-corrected chi connectivity index (χ0v) is 22.1. The van der Waals surface area contributed by atoms with Crippen LogP contribution >= 0.6 is 0 Å². The highest BCUT2D eigenvalue weighted by atomic mass is 15.1. The molecule has 0 aliphatic rings. The summed E-state index contributed by atoms with van der Waals surface area (Å²) in [5, 5.41) is 2.48. The number of hydrogen-bond acceptors (Lipinski definition) is 1. The van der Waals surface area contributed by atoms with Gasteiger partial charge in [0.05, 0.1) is 16.7 Å². The maximum absolute atomic E-state index is 2.36. The van der Waals surface area contributed by atoms with E-state index in [2.05, 4.69) is 173 Å². The van der Waals surface area contributed by atoms with E-state index >= 15 is 0 Å². The van der Waals surface area contributed by atoms with Crippen LogP contribution < -0.4 is 4.90 Å². The molecule has 0 amide bonds. The second-order valence-corrected chi connectivity index (χ2v) is 9.86. The van der Waals surface area contributed by atoms with Crippen LogP contribution in [0.5, 0.6) is 0 Å². The Labute approximate surface area is 234 Å². The molecular formula is C38H28N2. The summed E-state index contributed by atoms with van der Waals surface area (Å²) in [6, 6.07) is 55.8. The average molecular weight is 513 g/mol. The molecule has 6 aromatic carbocycles. The normalized spacial score (nSPS) is 11.4. The van der Waals surface area contributed by atoms with Gasteiger partial charge in [0.15, 0.2) is 0 Å². The Morgan fingerprint density at radius 2 is 1.07 bits per heavy atom. The van der Waals surface area contributed by atoms with Crippen molar-refractivity contribution in [1.29, 1.82) is 0 Å². The lowest BCUT2D eigenvalue weighted by atomic mass is 10.1. The first-order chi connectivity index (χ1) is 19.9. The average Bonchev–Trinajstić information content (AvgIpc) is 3.36. The monoisotopic (exact) mass is 512 g/mol. The molecule has 2 heteroatoms. The smallest absolute Gasteiger partial charge is 0.0542 e. The van der Waals surface area contributed by atoms with E-state index in [1.165, 1.54) is 27.4 Å². The van der Waals surface area contributed by atoms with Crippen molar-refractivity contribution >= 4 is 51.0 Å². The maximum atomic E-state index is 2.36. The Morgan fingerprint density at radius 3 is 1.88 bits per heavy atom. The number of benzene rings is 6. The van der Waals surface area contributed by atoms with Gasteiger partial charge in [0, 0.05) is 27.8 Å². The summed E-state index contributed by atoms with van der Waals surface area (Å²) >= 11 is 0. The summed E-state index contributed by atoms with van der Waals surface area (Å²) in [6.45, 7) is 0. The lowest BCUT2D eigenvalue weighted by molar-refractivity contribution is 1.18. The minimum atomic E-state index is 1.12. The predicted octanol–water partition coefficient (Wildman–Crippen LogP) is 10.4. The zero-order chi connectivity index (χ0) is 26.7. The van der Waals surface area contributed by atoms with Crippen LogP contribution in [0, 0.1) is 0 Å². The van der Waals surface area contributed by atoms with Gasteiger partial charge in [-0.3, -0.25) is 0 Å². The van der Waals surface area contributed by atoms with Crippen molar-refractivity contribution in [3.63, 3.8) is 0 Å². The first-order valence-electron chi connectivity index (χ1n) is 13.6. The van der Waals surface area contributed by atoms with Gasteiger partial charge in [-0.25, -0.2) is 0 Å². The Bertz CT molecular complexity index is 1930. The van der Waals surface area contributed by atoms with E-state index in [0.717, 1.165) is 28.3 Å². The summed E-state index contributed by atoms with van der Waals surface area (Å²) in [6.07, 6.45) is 4.39. The summed E-state index contributed by atoms with van der Waals surface area (Å²) in [5.74, 6) is 0. The summed E-state index contributed by atoms with van der Waals surface area (Å²) < 4.78 is 2.36. The molecule has 0 spiro atoms. The first-order valence-corrected chi connectivity index (χ1v) is 13.6. The van der Waals surface area contributed by atoms with Crippen molar-refractivity contribution in [3.05, 3.63) is 169 Å². The van der Waals surface area contributed by atoms with Crippen molar-refractivity contribution < 1.29 is 0 Å². The second kappa shape index (κ2) is 10.4. The number of nitrogens with zero attached hydrogens (tertiary/aromatic N) is 2. The van der Waals surface area contributed by atoms with Gasteiger partial charge < -0.3 is 9.47 Å². The molecule has 1 heterocycles. The van der Waals surface area contributed by atoms with Crippen LogP contribution in [-0.2, 0) is 0 Å². The van der Waals surface area contributed by atoms with Crippen molar-refractivity contribution in [3.8, 4) is 5.69 Å². The molecule has 190 valence electrons. The van der Waals surface area contributed by atoms with Crippen molar-refractivity contribution in [1.82, 2.24) is 4.57 Å². The molecule has 0 radical (unpaired) electrons. The minimum Gasteiger partial charge on any atom is -0.310 e. The third kappa shape index (κ3) is 4.36. The van der Waals surface area contributed by atoms with Gasteiger partial charge >= 0.3 is 0 Å². The maximum Gasteiger partial charge on any atom is 0.0542 e. The quantitative estimate of drug-likeness (QED) is 0.201. The zero-order valence-electron chi connectivity index (χ0n) is 22.1. The fourth-order valence-corrected chi connectivity index (χ4v) is 5.54. The molecule has 1 aromatic heterocycles. The molecule has 7 aromatic rings. The molecule has 0 fully saturated rings. The largest absolute Gasteiger partial charge is 0.310 e. The molecule has 0 saturated heterocycles. The van der Waals surface area contributed by atoms with Crippen LogP contribution in [0.1, 0.15) is 11.1 Å². The van der Waals surface area contributed by atoms with Gasteiger partial charge in [-0.2, -0.15) is 0 Å². The highest BCUT2D eigenvalue weighted by Crippen LogP contribution is 2.41. The Morgan fingerprint density at radius 1 is 0.450 bits per heavy atom. The van der Waals surface area contributed by atoms with Gasteiger partial charge in [0.2, 0.25) is 0 Å². The molecule has 0 unspecified atom stereocenters. The molecule has 40 heavy (non-hydrogen) atoms. The Balaban J connectivity index is 1.43. The van der Waals surface area contributed by atoms with E-state index in [-0.39, 0.29) is 0 Å². The van der Waals surface area contributed by atoms with Crippen LogP contribution in [0.25, 0.3) is 39.6 Å². The third-order valence-corrected chi connectivity index (χ3v) is 7.38. The van der Waals surface area contributed by atoms with E-state index in [9.17, 15) is 0 Å². The molecule has 0 aliphatic heterocycles. The number of aromatic nitrogens is 1. The molecule has 2 nitrogen and oxygen atoms in total. The fourth-order valence-electron chi connectivity index (χ4n) is 5.54. The highest BCUT2D eigenvalue weighted by molar-refractivity contribution is 6.10.